The second kappa shape index (κ2) is 5.67. The Hall–Kier alpha value is -2.57. The van der Waals surface area contributed by atoms with Gasteiger partial charge < -0.3 is 9.84 Å². The van der Waals surface area contributed by atoms with E-state index in [1.54, 1.807) is 6.07 Å². The molecule has 0 saturated heterocycles. The molecule has 0 bridgehead atoms. The molecule has 0 atom stereocenters. The van der Waals surface area contributed by atoms with Crippen LogP contribution in [0.2, 0.25) is 0 Å². The van der Waals surface area contributed by atoms with E-state index < -0.39 is 41.2 Å². The van der Waals surface area contributed by atoms with Crippen molar-refractivity contribution < 1.29 is 32.6 Å². The fourth-order valence-corrected chi connectivity index (χ4v) is 2.32. The van der Waals surface area contributed by atoms with Crippen LogP contribution in [-0.2, 0) is 22.1 Å². The van der Waals surface area contributed by atoms with Crippen LogP contribution in [0.15, 0.2) is 30.3 Å². The van der Waals surface area contributed by atoms with Gasteiger partial charge in [-0.25, -0.2) is 4.79 Å². The van der Waals surface area contributed by atoms with Crippen LogP contribution in [0.3, 0.4) is 0 Å². The molecule has 1 N–H and O–H groups in total. The van der Waals surface area contributed by atoms with Crippen molar-refractivity contribution in [1.82, 2.24) is 0 Å². The molecule has 0 unspecified atom stereocenters. The molecule has 0 saturated carbocycles. The zero-order chi connectivity index (χ0) is 16.5. The first-order valence-electron chi connectivity index (χ1n) is 6.17. The Morgan fingerprint density at radius 1 is 1.23 bits per heavy atom. The molecule has 0 aliphatic heterocycles. The molecule has 7 heteroatoms. The van der Waals surface area contributed by atoms with Crippen LogP contribution in [0.4, 0.5) is 13.2 Å². The molecule has 0 aromatic heterocycles. The number of rotatable bonds is 3. The number of carboxylic acids is 1. The van der Waals surface area contributed by atoms with Crippen LogP contribution < -0.4 is 0 Å². The van der Waals surface area contributed by atoms with E-state index in [1.807, 2.05) is 0 Å². The molecular formula is C15H11F3O4. The molecule has 116 valence electrons. The van der Waals surface area contributed by atoms with Crippen LogP contribution in [0.25, 0.3) is 10.8 Å². The second-order valence-electron chi connectivity index (χ2n) is 4.56. The third-order valence-electron chi connectivity index (χ3n) is 3.19. The van der Waals surface area contributed by atoms with E-state index in [0.717, 1.165) is 7.11 Å². The summed E-state index contributed by atoms with van der Waals surface area (Å²) < 4.78 is 44.4. The zero-order valence-corrected chi connectivity index (χ0v) is 11.4. The number of fused-ring (bicyclic) bond motifs is 1. The predicted molar refractivity (Wildman–Crippen MR) is 71.6 cm³/mol. The third-order valence-corrected chi connectivity index (χ3v) is 3.19. The van der Waals surface area contributed by atoms with E-state index in [1.165, 1.54) is 24.3 Å². The number of alkyl halides is 3. The highest BCUT2D eigenvalue weighted by Crippen LogP contribution is 2.38. The summed E-state index contributed by atoms with van der Waals surface area (Å²) in [7, 11) is 1.05. The number of hydrogen-bond donors (Lipinski definition) is 1. The van der Waals surface area contributed by atoms with Gasteiger partial charge in [0.1, 0.15) is 0 Å². The Kier molecular flexibility index (Phi) is 4.07. The predicted octanol–water partition coefficient (Wildman–Crippen LogP) is 3.27. The minimum Gasteiger partial charge on any atom is -0.478 e. The lowest BCUT2D eigenvalue weighted by Crippen LogP contribution is -2.19. The van der Waals surface area contributed by atoms with Crippen molar-refractivity contribution in [3.05, 3.63) is 47.0 Å². The summed E-state index contributed by atoms with van der Waals surface area (Å²) in [5.74, 6) is -2.58. The molecule has 0 aliphatic carbocycles. The summed E-state index contributed by atoms with van der Waals surface area (Å²) in [6.07, 6.45) is -5.56. The number of hydrogen-bond acceptors (Lipinski definition) is 3. The lowest BCUT2D eigenvalue weighted by Gasteiger charge is -2.17. The quantitative estimate of drug-likeness (QED) is 0.884. The highest BCUT2D eigenvalue weighted by Gasteiger charge is 2.39. The number of benzene rings is 2. The van der Waals surface area contributed by atoms with E-state index in [4.69, 9.17) is 0 Å². The number of halogens is 3. The van der Waals surface area contributed by atoms with Gasteiger partial charge in [0.25, 0.3) is 0 Å². The van der Waals surface area contributed by atoms with Crippen LogP contribution in [0.5, 0.6) is 0 Å². The van der Waals surface area contributed by atoms with Gasteiger partial charge in [-0.1, -0.05) is 24.3 Å². The normalized spacial score (nSPS) is 11.5. The maximum Gasteiger partial charge on any atom is 0.417 e. The van der Waals surface area contributed by atoms with Crippen molar-refractivity contribution in [1.29, 1.82) is 0 Å². The molecule has 2 aromatic carbocycles. The Labute approximate surface area is 123 Å². The lowest BCUT2D eigenvalue weighted by molar-refractivity contribution is -0.141. The molecular weight excluding hydrogens is 301 g/mol. The van der Waals surface area contributed by atoms with Crippen LogP contribution in [0.1, 0.15) is 21.5 Å². The molecule has 2 aromatic rings. The smallest absolute Gasteiger partial charge is 0.417 e. The molecule has 2 rings (SSSR count). The van der Waals surface area contributed by atoms with Gasteiger partial charge in [0, 0.05) is 0 Å². The molecule has 0 amide bonds. The number of aromatic carboxylic acids is 1. The van der Waals surface area contributed by atoms with Gasteiger partial charge >= 0.3 is 18.1 Å². The van der Waals surface area contributed by atoms with Crippen molar-refractivity contribution in [3.8, 4) is 0 Å². The SMILES string of the molecule is COC(=O)Cc1cc2ccccc2c(C(=O)O)c1C(F)(F)F. The first-order chi connectivity index (χ1) is 10.3. The van der Waals surface area contributed by atoms with Crippen LogP contribution in [-0.4, -0.2) is 24.2 Å². The van der Waals surface area contributed by atoms with E-state index >= 15 is 0 Å². The van der Waals surface area contributed by atoms with Gasteiger partial charge in [-0.05, 0) is 22.4 Å². The van der Waals surface area contributed by atoms with Crippen molar-refractivity contribution in [2.45, 2.75) is 12.6 Å². The average Bonchev–Trinajstić information content (AvgIpc) is 2.44. The van der Waals surface area contributed by atoms with Gasteiger partial charge in [-0.3, -0.25) is 4.79 Å². The Morgan fingerprint density at radius 3 is 2.41 bits per heavy atom. The number of carbonyl (C=O) groups is 2. The fraction of sp³-hybridized carbons (Fsp3) is 0.200. The lowest BCUT2D eigenvalue weighted by atomic mass is 9.92. The number of methoxy groups -OCH3 is 1. The maximum atomic E-state index is 13.3. The minimum absolute atomic E-state index is 0.0315. The summed E-state index contributed by atoms with van der Waals surface area (Å²) in [4.78, 5) is 22.7. The van der Waals surface area contributed by atoms with Gasteiger partial charge in [0.2, 0.25) is 0 Å². The summed E-state index contributed by atoms with van der Waals surface area (Å²) in [6.45, 7) is 0. The first kappa shape index (κ1) is 15.8. The minimum atomic E-state index is -4.90. The third kappa shape index (κ3) is 2.88. The fourth-order valence-electron chi connectivity index (χ4n) is 2.32. The Bertz CT molecular complexity index is 750. The number of carboxylic acid groups (broad SMARTS) is 1. The van der Waals surface area contributed by atoms with Crippen molar-refractivity contribution in [2.24, 2.45) is 0 Å². The van der Waals surface area contributed by atoms with Crippen molar-refractivity contribution in [2.75, 3.05) is 7.11 Å². The largest absolute Gasteiger partial charge is 0.478 e. The van der Waals surface area contributed by atoms with E-state index in [-0.39, 0.29) is 5.39 Å². The molecule has 0 fully saturated rings. The average molecular weight is 312 g/mol. The number of ether oxygens (including phenoxy) is 1. The number of carbonyl (C=O) groups excluding carboxylic acids is 1. The van der Waals surface area contributed by atoms with Gasteiger partial charge in [0.15, 0.2) is 0 Å². The van der Waals surface area contributed by atoms with Gasteiger partial charge in [-0.2, -0.15) is 13.2 Å². The molecule has 0 aliphatic rings. The summed E-state index contributed by atoms with van der Waals surface area (Å²) >= 11 is 0. The highest BCUT2D eigenvalue weighted by molar-refractivity contribution is 6.06. The maximum absolute atomic E-state index is 13.3. The Morgan fingerprint density at radius 2 is 1.86 bits per heavy atom. The molecule has 0 heterocycles. The summed E-state index contributed by atoms with van der Waals surface area (Å²) in [6, 6.07) is 6.98. The molecule has 0 radical (unpaired) electrons. The standard InChI is InChI=1S/C15H11F3O4/c1-22-11(19)7-9-6-8-4-2-3-5-10(8)12(14(20)21)13(9)15(16,17)18/h2-6H,7H2,1H3,(H,20,21). The van der Waals surface area contributed by atoms with Crippen molar-refractivity contribution in [3.63, 3.8) is 0 Å². The molecule has 0 spiro atoms. The van der Waals surface area contributed by atoms with Crippen LogP contribution >= 0.6 is 0 Å². The van der Waals surface area contributed by atoms with Gasteiger partial charge in [-0.15, -0.1) is 0 Å². The van der Waals surface area contributed by atoms with E-state index in [2.05, 4.69) is 4.74 Å². The summed E-state index contributed by atoms with van der Waals surface area (Å²) in [5, 5.41) is 9.51. The van der Waals surface area contributed by atoms with Crippen molar-refractivity contribution >= 4 is 22.7 Å². The van der Waals surface area contributed by atoms with E-state index in [9.17, 15) is 27.9 Å². The molecule has 22 heavy (non-hydrogen) atoms. The topological polar surface area (TPSA) is 63.6 Å². The van der Waals surface area contributed by atoms with Gasteiger partial charge in [0.05, 0.1) is 24.7 Å². The zero-order valence-electron chi connectivity index (χ0n) is 11.4. The molecule has 4 nitrogen and oxygen atoms in total. The second-order valence-corrected chi connectivity index (χ2v) is 4.56. The number of esters is 1. The van der Waals surface area contributed by atoms with Crippen LogP contribution in [0, 0.1) is 0 Å². The first-order valence-corrected chi connectivity index (χ1v) is 6.17. The summed E-state index contributed by atoms with van der Waals surface area (Å²) in [5.41, 5.74) is -2.59. The highest BCUT2D eigenvalue weighted by atomic mass is 19.4. The monoisotopic (exact) mass is 312 g/mol. The Balaban J connectivity index is 2.87. The van der Waals surface area contributed by atoms with E-state index in [0.29, 0.717) is 5.39 Å².